The Hall–Kier alpha value is -1.92. The fourth-order valence-electron chi connectivity index (χ4n) is 1.87. The summed E-state index contributed by atoms with van der Waals surface area (Å²) in [6.07, 6.45) is 0. The van der Waals surface area contributed by atoms with Crippen molar-refractivity contribution in [2.75, 3.05) is 11.1 Å². The molecule has 0 fully saturated rings. The molecule has 2 heterocycles. The molecule has 4 nitrogen and oxygen atoms in total. The van der Waals surface area contributed by atoms with Crippen LogP contribution in [-0.4, -0.2) is 9.97 Å². The molecule has 0 unspecified atom stereocenters. The number of aromatic nitrogens is 2. The number of halogens is 2. The number of nitrogens with one attached hydrogen (secondary N) is 1. The van der Waals surface area contributed by atoms with Crippen LogP contribution in [0.15, 0.2) is 24.3 Å². The van der Waals surface area contributed by atoms with Crippen molar-refractivity contribution in [1.82, 2.24) is 9.97 Å². The first-order valence-electron chi connectivity index (χ1n) is 5.78. The summed E-state index contributed by atoms with van der Waals surface area (Å²) in [5.74, 6) is 0.352. The molecule has 0 aliphatic heterocycles. The Bertz CT molecular complexity index is 802. The molecule has 0 amide bonds. The van der Waals surface area contributed by atoms with Crippen molar-refractivity contribution in [3.63, 3.8) is 0 Å². The second kappa shape index (κ2) is 4.88. The zero-order valence-electron chi connectivity index (χ0n) is 10.4. The molecular formula is C13H10ClFN4S. The van der Waals surface area contributed by atoms with Crippen LogP contribution in [0.2, 0.25) is 5.02 Å². The standard InChI is InChI=1S/C13H10ClFN4S/c1-6-4-8-11(18-13(16)19-12(8)20-6)17-10-3-2-7(15)5-9(10)14/h2-5H,1H3,(H3,16,17,18,19). The molecule has 0 saturated heterocycles. The molecule has 7 heteroatoms. The molecule has 3 N–H and O–H groups in total. The third kappa shape index (κ3) is 2.39. The summed E-state index contributed by atoms with van der Waals surface area (Å²) >= 11 is 7.53. The number of nitrogens with two attached hydrogens (primary N) is 1. The molecule has 102 valence electrons. The van der Waals surface area contributed by atoms with Gasteiger partial charge in [-0.2, -0.15) is 4.98 Å². The predicted molar refractivity (Wildman–Crippen MR) is 81.3 cm³/mol. The van der Waals surface area contributed by atoms with E-state index in [0.29, 0.717) is 11.5 Å². The van der Waals surface area contributed by atoms with E-state index in [-0.39, 0.29) is 16.8 Å². The number of anilines is 3. The monoisotopic (exact) mass is 308 g/mol. The topological polar surface area (TPSA) is 63.8 Å². The maximum absolute atomic E-state index is 13.1. The number of aryl methyl sites for hydroxylation is 1. The highest BCUT2D eigenvalue weighted by Crippen LogP contribution is 2.32. The van der Waals surface area contributed by atoms with Gasteiger partial charge < -0.3 is 11.1 Å². The van der Waals surface area contributed by atoms with Crippen LogP contribution in [0.1, 0.15) is 4.88 Å². The van der Waals surface area contributed by atoms with Crippen molar-refractivity contribution in [1.29, 1.82) is 0 Å². The fraction of sp³-hybridized carbons (Fsp3) is 0.0769. The number of thiophene rings is 1. The highest BCUT2D eigenvalue weighted by Gasteiger charge is 2.11. The summed E-state index contributed by atoms with van der Waals surface area (Å²) in [7, 11) is 0. The minimum Gasteiger partial charge on any atom is -0.368 e. The molecule has 2 aromatic heterocycles. The van der Waals surface area contributed by atoms with Crippen molar-refractivity contribution in [2.45, 2.75) is 6.92 Å². The lowest BCUT2D eigenvalue weighted by molar-refractivity contribution is 0.628. The number of nitrogens with zero attached hydrogens (tertiary/aromatic N) is 2. The zero-order chi connectivity index (χ0) is 14.3. The average molecular weight is 309 g/mol. The van der Waals surface area contributed by atoms with Gasteiger partial charge in [-0.1, -0.05) is 11.6 Å². The molecule has 3 aromatic rings. The smallest absolute Gasteiger partial charge is 0.223 e. The van der Waals surface area contributed by atoms with E-state index in [2.05, 4.69) is 15.3 Å². The van der Waals surface area contributed by atoms with Crippen molar-refractivity contribution in [3.05, 3.63) is 40.0 Å². The summed E-state index contributed by atoms with van der Waals surface area (Å²) in [5, 5.41) is 4.22. The molecule has 1 aromatic carbocycles. The summed E-state index contributed by atoms with van der Waals surface area (Å²) in [5.41, 5.74) is 6.27. The summed E-state index contributed by atoms with van der Waals surface area (Å²) in [6, 6.07) is 6.10. The first-order valence-corrected chi connectivity index (χ1v) is 6.98. The van der Waals surface area contributed by atoms with Gasteiger partial charge in [0, 0.05) is 4.88 Å². The lowest BCUT2D eigenvalue weighted by Gasteiger charge is -2.09. The van der Waals surface area contributed by atoms with Gasteiger partial charge in [0.15, 0.2) is 0 Å². The van der Waals surface area contributed by atoms with Gasteiger partial charge in [-0.3, -0.25) is 0 Å². The number of nitrogen functional groups attached to an aromatic ring is 1. The molecule has 0 spiro atoms. The van der Waals surface area contributed by atoms with Gasteiger partial charge in [-0.15, -0.1) is 11.3 Å². The quantitative estimate of drug-likeness (QED) is 0.747. The number of hydrogen-bond acceptors (Lipinski definition) is 5. The van der Waals surface area contributed by atoms with Gasteiger partial charge >= 0.3 is 0 Å². The number of benzene rings is 1. The molecule has 0 aliphatic carbocycles. The van der Waals surface area contributed by atoms with Crippen molar-refractivity contribution < 1.29 is 4.39 Å². The van der Waals surface area contributed by atoms with Crippen LogP contribution in [0, 0.1) is 12.7 Å². The van der Waals surface area contributed by atoms with Crippen LogP contribution in [0.25, 0.3) is 10.2 Å². The molecule has 20 heavy (non-hydrogen) atoms. The normalized spacial score (nSPS) is 10.9. The van der Waals surface area contributed by atoms with Gasteiger partial charge in [0.2, 0.25) is 5.95 Å². The van der Waals surface area contributed by atoms with E-state index >= 15 is 0 Å². The van der Waals surface area contributed by atoms with E-state index in [1.54, 1.807) is 6.07 Å². The minimum atomic E-state index is -0.390. The lowest BCUT2D eigenvalue weighted by Crippen LogP contribution is -2.00. The third-order valence-corrected chi connectivity index (χ3v) is 3.97. The van der Waals surface area contributed by atoms with Gasteiger partial charge in [-0.25, -0.2) is 9.37 Å². The van der Waals surface area contributed by atoms with E-state index in [1.807, 2.05) is 13.0 Å². The highest BCUT2D eigenvalue weighted by atomic mass is 35.5. The molecular weight excluding hydrogens is 299 g/mol. The second-order valence-corrected chi connectivity index (χ2v) is 5.90. The Morgan fingerprint density at radius 2 is 2.10 bits per heavy atom. The largest absolute Gasteiger partial charge is 0.368 e. The molecule has 0 aliphatic rings. The highest BCUT2D eigenvalue weighted by molar-refractivity contribution is 7.18. The molecule has 0 saturated carbocycles. The Morgan fingerprint density at radius 1 is 1.30 bits per heavy atom. The SMILES string of the molecule is Cc1cc2c(Nc3ccc(F)cc3Cl)nc(N)nc2s1. The zero-order valence-corrected chi connectivity index (χ0v) is 12.0. The number of hydrogen-bond donors (Lipinski definition) is 2. The van der Waals surface area contributed by atoms with Crippen molar-refractivity contribution in [2.24, 2.45) is 0 Å². The Morgan fingerprint density at radius 3 is 2.85 bits per heavy atom. The maximum Gasteiger partial charge on any atom is 0.223 e. The first kappa shape index (κ1) is 13.1. The average Bonchev–Trinajstić information content (AvgIpc) is 2.73. The Balaban J connectivity index is 2.10. The second-order valence-electron chi connectivity index (χ2n) is 4.26. The van der Waals surface area contributed by atoms with Crippen molar-refractivity contribution in [3.8, 4) is 0 Å². The first-order chi connectivity index (χ1) is 9.52. The third-order valence-electron chi connectivity index (χ3n) is 2.72. The predicted octanol–water partition coefficient (Wildman–Crippen LogP) is 4.12. The van der Waals surface area contributed by atoms with Crippen molar-refractivity contribution >= 4 is 50.6 Å². The summed E-state index contributed by atoms with van der Waals surface area (Å²) < 4.78 is 13.1. The van der Waals surface area contributed by atoms with Crippen LogP contribution in [0.4, 0.5) is 21.8 Å². The minimum absolute atomic E-state index is 0.181. The van der Waals surface area contributed by atoms with E-state index in [0.717, 1.165) is 15.1 Å². The van der Waals surface area contributed by atoms with Crippen LogP contribution >= 0.6 is 22.9 Å². The molecule has 0 bridgehead atoms. The fourth-order valence-corrected chi connectivity index (χ4v) is 2.97. The molecule has 3 rings (SSSR count). The molecule has 0 radical (unpaired) electrons. The lowest BCUT2D eigenvalue weighted by atomic mass is 10.3. The van der Waals surface area contributed by atoms with Gasteiger partial charge in [0.1, 0.15) is 16.5 Å². The van der Waals surface area contributed by atoms with Crippen LogP contribution in [0.3, 0.4) is 0 Å². The Kier molecular flexibility index (Phi) is 3.19. The number of rotatable bonds is 2. The Labute approximate surface area is 123 Å². The molecule has 0 atom stereocenters. The maximum atomic E-state index is 13.1. The number of fused-ring (bicyclic) bond motifs is 1. The van der Waals surface area contributed by atoms with E-state index < -0.39 is 0 Å². The van der Waals surface area contributed by atoms with E-state index in [4.69, 9.17) is 17.3 Å². The van der Waals surface area contributed by atoms with Crippen LogP contribution < -0.4 is 11.1 Å². The van der Waals surface area contributed by atoms with E-state index in [9.17, 15) is 4.39 Å². The van der Waals surface area contributed by atoms with Gasteiger partial charge in [0.05, 0.1) is 16.1 Å². The van der Waals surface area contributed by atoms with Gasteiger partial charge in [-0.05, 0) is 31.2 Å². The van der Waals surface area contributed by atoms with E-state index in [1.165, 1.54) is 23.5 Å². The van der Waals surface area contributed by atoms with Gasteiger partial charge in [0.25, 0.3) is 0 Å². The van der Waals surface area contributed by atoms with Crippen LogP contribution in [0.5, 0.6) is 0 Å². The summed E-state index contributed by atoms with van der Waals surface area (Å²) in [4.78, 5) is 10.3. The van der Waals surface area contributed by atoms with Crippen LogP contribution in [-0.2, 0) is 0 Å². The summed E-state index contributed by atoms with van der Waals surface area (Å²) in [6.45, 7) is 1.98.